The van der Waals surface area contributed by atoms with E-state index in [1.165, 1.54) is 43.0 Å². The Morgan fingerprint density at radius 1 is 1.12 bits per heavy atom. The van der Waals surface area contributed by atoms with Gasteiger partial charge in [-0.25, -0.2) is 4.79 Å². The summed E-state index contributed by atoms with van der Waals surface area (Å²) >= 11 is 0. The first kappa shape index (κ1) is 20.3. The number of fused-ring (bicyclic) bond motifs is 1. The van der Waals surface area contributed by atoms with Crippen molar-refractivity contribution in [1.82, 2.24) is 4.57 Å². The summed E-state index contributed by atoms with van der Waals surface area (Å²) in [6.45, 7) is 8.83. The lowest BCUT2D eigenvalue weighted by Gasteiger charge is -2.19. The van der Waals surface area contributed by atoms with Gasteiger partial charge in [-0.1, -0.05) is 46.1 Å². The number of esters is 1. The van der Waals surface area contributed by atoms with Crippen LogP contribution in [0, 0.1) is 0 Å². The molecule has 1 aromatic carbocycles. The quantitative estimate of drug-likeness (QED) is 0.358. The van der Waals surface area contributed by atoms with Crippen LogP contribution in [0.3, 0.4) is 0 Å². The molecular weight excluding hydrogens is 322 g/mol. The molecule has 0 aliphatic heterocycles. The minimum absolute atomic E-state index is 0.260. The second kappa shape index (κ2) is 10.2. The summed E-state index contributed by atoms with van der Waals surface area (Å²) in [5, 5.41) is 1.24. The van der Waals surface area contributed by atoms with Crippen LogP contribution < -0.4 is 0 Å². The summed E-state index contributed by atoms with van der Waals surface area (Å²) in [4.78, 5) is 11.8. The van der Waals surface area contributed by atoms with Gasteiger partial charge in [0.25, 0.3) is 0 Å². The largest absolute Gasteiger partial charge is 0.463 e. The van der Waals surface area contributed by atoms with Gasteiger partial charge < -0.3 is 9.30 Å². The number of aromatic nitrogens is 1. The van der Waals surface area contributed by atoms with Crippen molar-refractivity contribution >= 4 is 22.4 Å². The molecule has 1 aromatic heterocycles. The molecule has 0 saturated carbocycles. The number of hydrogen-bond acceptors (Lipinski definition) is 2. The first-order valence-electron chi connectivity index (χ1n) is 10.1. The summed E-state index contributed by atoms with van der Waals surface area (Å²) in [5.41, 5.74) is 3.41. The molecule has 2 rings (SSSR count). The molecule has 1 unspecified atom stereocenters. The van der Waals surface area contributed by atoms with E-state index in [0.717, 1.165) is 17.6 Å². The highest BCUT2D eigenvalue weighted by Gasteiger charge is 2.13. The molecule has 0 saturated heterocycles. The minimum Gasteiger partial charge on any atom is -0.463 e. The number of benzene rings is 1. The number of rotatable bonds is 10. The Hall–Kier alpha value is -2.03. The van der Waals surface area contributed by atoms with Crippen molar-refractivity contribution in [3.05, 3.63) is 42.1 Å². The van der Waals surface area contributed by atoms with E-state index in [-0.39, 0.29) is 5.97 Å². The molecule has 26 heavy (non-hydrogen) atoms. The summed E-state index contributed by atoms with van der Waals surface area (Å²) in [5.74, 6) is -0.260. The fraction of sp³-hybridized carbons (Fsp3) is 0.522. The lowest BCUT2D eigenvalue weighted by molar-refractivity contribution is -0.137. The van der Waals surface area contributed by atoms with Crippen molar-refractivity contribution in [3.63, 3.8) is 0 Å². The number of unbranched alkanes of at least 4 members (excludes halogenated alkanes) is 1. The summed E-state index contributed by atoms with van der Waals surface area (Å²) < 4.78 is 7.51. The Labute approximate surface area is 158 Å². The van der Waals surface area contributed by atoms with Crippen LogP contribution >= 0.6 is 0 Å². The zero-order valence-electron chi connectivity index (χ0n) is 16.8. The van der Waals surface area contributed by atoms with E-state index >= 15 is 0 Å². The van der Waals surface area contributed by atoms with Gasteiger partial charge in [0.05, 0.1) is 6.61 Å². The van der Waals surface area contributed by atoms with Crippen LogP contribution in [0.25, 0.3) is 16.5 Å². The number of ether oxygens (including phenoxy) is 1. The molecule has 0 fully saturated rings. The first-order chi connectivity index (χ1) is 12.6. The van der Waals surface area contributed by atoms with Crippen molar-refractivity contribution < 1.29 is 9.53 Å². The highest BCUT2D eigenvalue weighted by molar-refractivity contribution is 5.93. The van der Waals surface area contributed by atoms with Crippen LogP contribution in [0.5, 0.6) is 0 Å². The number of carbonyl (C=O) groups is 1. The third kappa shape index (κ3) is 5.00. The van der Waals surface area contributed by atoms with Crippen LogP contribution in [-0.4, -0.2) is 17.1 Å². The first-order valence-corrected chi connectivity index (χ1v) is 10.1. The molecule has 0 aliphatic carbocycles. The van der Waals surface area contributed by atoms with Crippen molar-refractivity contribution in [2.24, 2.45) is 0 Å². The summed E-state index contributed by atoms with van der Waals surface area (Å²) in [6, 6.07) is 9.31. The fourth-order valence-corrected chi connectivity index (χ4v) is 3.59. The van der Waals surface area contributed by atoms with E-state index in [2.05, 4.69) is 55.8 Å². The standard InChI is InChI=1S/C23H33NO2/c1-5-9-11-21(10-6-2)24-15-14-20-16-19(12-13-22(20)24)18(7-3)17-23(25)26-8-4/h12-17,21H,5-11H2,1-4H3/b18-17+. The molecule has 1 atom stereocenters. The Kier molecular flexibility index (Phi) is 7.96. The topological polar surface area (TPSA) is 31.2 Å². The second-order valence-corrected chi connectivity index (χ2v) is 6.86. The molecule has 142 valence electrons. The second-order valence-electron chi connectivity index (χ2n) is 6.86. The van der Waals surface area contributed by atoms with E-state index in [0.29, 0.717) is 12.6 Å². The minimum atomic E-state index is -0.260. The maximum Gasteiger partial charge on any atom is 0.331 e. The van der Waals surface area contributed by atoms with Gasteiger partial charge in [0.1, 0.15) is 0 Å². The average Bonchev–Trinajstić information content (AvgIpc) is 3.06. The predicted molar refractivity (Wildman–Crippen MR) is 110 cm³/mol. The Morgan fingerprint density at radius 2 is 1.92 bits per heavy atom. The molecule has 0 spiro atoms. The van der Waals surface area contributed by atoms with E-state index in [4.69, 9.17) is 4.74 Å². The van der Waals surface area contributed by atoms with Gasteiger partial charge in [-0.15, -0.1) is 0 Å². The lowest BCUT2D eigenvalue weighted by atomic mass is 10.0. The highest BCUT2D eigenvalue weighted by Crippen LogP contribution is 2.29. The number of hydrogen-bond donors (Lipinski definition) is 0. The van der Waals surface area contributed by atoms with Crippen molar-refractivity contribution in [2.75, 3.05) is 6.61 Å². The Balaban J connectivity index is 2.33. The van der Waals surface area contributed by atoms with E-state index in [9.17, 15) is 4.79 Å². The van der Waals surface area contributed by atoms with Crippen LogP contribution in [-0.2, 0) is 9.53 Å². The monoisotopic (exact) mass is 355 g/mol. The maximum atomic E-state index is 11.8. The zero-order chi connectivity index (χ0) is 18.9. The van der Waals surface area contributed by atoms with Crippen molar-refractivity contribution in [3.8, 4) is 0 Å². The van der Waals surface area contributed by atoms with Crippen LogP contribution in [0.2, 0.25) is 0 Å². The predicted octanol–water partition coefficient (Wildman–Crippen LogP) is 6.53. The molecular formula is C23H33NO2. The van der Waals surface area contributed by atoms with Gasteiger partial charge in [0, 0.05) is 29.2 Å². The van der Waals surface area contributed by atoms with Gasteiger partial charge in [-0.2, -0.15) is 0 Å². The molecule has 0 N–H and O–H groups in total. The third-order valence-electron chi connectivity index (χ3n) is 4.96. The highest BCUT2D eigenvalue weighted by atomic mass is 16.5. The average molecular weight is 356 g/mol. The molecule has 0 bridgehead atoms. The molecule has 0 aliphatic rings. The Bertz CT molecular complexity index is 742. The normalized spacial score (nSPS) is 13.2. The van der Waals surface area contributed by atoms with Gasteiger partial charge in [-0.3, -0.25) is 0 Å². The van der Waals surface area contributed by atoms with E-state index in [1.807, 2.05) is 6.92 Å². The summed E-state index contributed by atoms with van der Waals surface area (Å²) in [6.07, 6.45) is 10.8. The van der Waals surface area contributed by atoms with Crippen LogP contribution in [0.1, 0.15) is 77.8 Å². The van der Waals surface area contributed by atoms with Crippen molar-refractivity contribution in [2.45, 2.75) is 72.3 Å². The number of carbonyl (C=O) groups excluding carboxylic acids is 1. The fourth-order valence-electron chi connectivity index (χ4n) is 3.59. The zero-order valence-corrected chi connectivity index (χ0v) is 16.8. The molecule has 0 amide bonds. The van der Waals surface area contributed by atoms with Crippen LogP contribution in [0.15, 0.2) is 36.5 Å². The van der Waals surface area contributed by atoms with E-state index in [1.54, 1.807) is 6.08 Å². The smallest absolute Gasteiger partial charge is 0.331 e. The molecule has 1 heterocycles. The Morgan fingerprint density at radius 3 is 2.58 bits per heavy atom. The molecule has 3 heteroatoms. The van der Waals surface area contributed by atoms with Gasteiger partial charge >= 0.3 is 5.97 Å². The number of allylic oxidation sites excluding steroid dienone is 1. The molecule has 3 nitrogen and oxygen atoms in total. The maximum absolute atomic E-state index is 11.8. The third-order valence-corrected chi connectivity index (χ3v) is 4.96. The molecule has 2 aromatic rings. The van der Waals surface area contributed by atoms with Crippen molar-refractivity contribution in [1.29, 1.82) is 0 Å². The van der Waals surface area contributed by atoms with Gasteiger partial charge in [-0.05, 0) is 55.5 Å². The van der Waals surface area contributed by atoms with Gasteiger partial charge in [0.15, 0.2) is 0 Å². The molecule has 0 radical (unpaired) electrons. The van der Waals surface area contributed by atoms with Crippen LogP contribution in [0.4, 0.5) is 0 Å². The number of nitrogens with zero attached hydrogens (tertiary/aromatic N) is 1. The van der Waals surface area contributed by atoms with E-state index < -0.39 is 0 Å². The van der Waals surface area contributed by atoms with Gasteiger partial charge in [0.2, 0.25) is 0 Å². The SMILES string of the molecule is CCCCC(CCC)n1ccc2cc(/C(=C/C(=O)OCC)CC)ccc21. The summed E-state index contributed by atoms with van der Waals surface area (Å²) in [7, 11) is 0. The lowest BCUT2D eigenvalue weighted by Crippen LogP contribution is -2.07.